The Bertz CT molecular complexity index is 867. The van der Waals surface area contributed by atoms with Crippen LogP contribution in [0.4, 0.5) is 8.78 Å². The van der Waals surface area contributed by atoms with Gasteiger partial charge in [-0.1, -0.05) is 5.16 Å². The number of halogens is 2. The fourth-order valence-corrected chi connectivity index (χ4v) is 3.08. The normalized spacial score (nSPS) is 24.5. The van der Waals surface area contributed by atoms with E-state index in [1.165, 1.54) is 6.07 Å². The van der Waals surface area contributed by atoms with E-state index in [0.29, 0.717) is 6.54 Å². The first-order valence-corrected chi connectivity index (χ1v) is 7.36. The minimum Gasteiger partial charge on any atom is -0.354 e. The van der Waals surface area contributed by atoms with Crippen molar-refractivity contribution in [2.75, 3.05) is 19.8 Å². The number of carbonyl (C=O) groups excluding carboxylic acids is 1. The lowest BCUT2D eigenvalue weighted by atomic mass is 9.90. The van der Waals surface area contributed by atoms with Crippen molar-refractivity contribution in [2.45, 2.75) is 12.2 Å². The predicted octanol–water partition coefficient (Wildman–Crippen LogP) is 1.61. The summed E-state index contributed by atoms with van der Waals surface area (Å²) in [5.41, 5.74) is -0.279. The standard InChI is InChI=1S/C16H12F2N2O4/c1-2-7-6-19-15(21)10(7)13-9-5-8(16-22-3-4-23-16)11(17)12(18)14(9)24-20-13/h1,5,7,10,16H,3-4,6H2,(H,19,21)/t7?,10-/m0/s1. The lowest BCUT2D eigenvalue weighted by molar-refractivity contribution is -0.120. The van der Waals surface area contributed by atoms with Gasteiger partial charge >= 0.3 is 0 Å². The Labute approximate surface area is 135 Å². The number of carbonyl (C=O) groups is 1. The average Bonchev–Trinajstić information content (AvgIpc) is 3.29. The van der Waals surface area contributed by atoms with Crippen LogP contribution in [0.2, 0.25) is 0 Å². The molecule has 1 aromatic carbocycles. The second-order valence-electron chi connectivity index (χ2n) is 5.61. The van der Waals surface area contributed by atoms with E-state index in [9.17, 15) is 13.6 Å². The van der Waals surface area contributed by atoms with Crippen LogP contribution in [0.25, 0.3) is 11.0 Å². The Balaban J connectivity index is 1.89. The first-order valence-electron chi connectivity index (χ1n) is 7.36. The third kappa shape index (κ3) is 2.09. The van der Waals surface area contributed by atoms with Gasteiger partial charge in [0.25, 0.3) is 0 Å². The van der Waals surface area contributed by atoms with Gasteiger partial charge in [0.2, 0.25) is 17.3 Å². The van der Waals surface area contributed by atoms with E-state index >= 15 is 0 Å². The summed E-state index contributed by atoms with van der Waals surface area (Å²) in [7, 11) is 0. The molecule has 2 aliphatic heterocycles. The monoisotopic (exact) mass is 334 g/mol. The molecule has 2 atom stereocenters. The summed E-state index contributed by atoms with van der Waals surface area (Å²) in [5, 5.41) is 6.60. The lowest BCUT2D eigenvalue weighted by Gasteiger charge is -2.12. The van der Waals surface area contributed by atoms with Crippen LogP contribution in [0, 0.1) is 29.9 Å². The van der Waals surface area contributed by atoms with Crippen molar-refractivity contribution >= 4 is 16.9 Å². The van der Waals surface area contributed by atoms with E-state index in [2.05, 4.69) is 16.4 Å². The predicted molar refractivity (Wildman–Crippen MR) is 76.6 cm³/mol. The largest absolute Gasteiger partial charge is 0.354 e. The van der Waals surface area contributed by atoms with Gasteiger partial charge < -0.3 is 19.3 Å². The number of amides is 1. The third-order valence-electron chi connectivity index (χ3n) is 4.27. The molecule has 1 aromatic heterocycles. The highest BCUT2D eigenvalue weighted by Gasteiger charge is 2.39. The Morgan fingerprint density at radius 1 is 1.29 bits per heavy atom. The van der Waals surface area contributed by atoms with Gasteiger partial charge in [-0.3, -0.25) is 4.79 Å². The van der Waals surface area contributed by atoms with E-state index in [1.807, 2.05) is 0 Å². The quantitative estimate of drug-likeness (QED) is 0.845. The molecule has 6 nitrogen and oxygen atoms in total. The number of rotatable bonds is 2. The van der Waals surface area contributed by atoms with Crippen LogP contribution in [0.15, 0.2) is 10.6 Å². The number of hydrogen-bond donors (Lipinski definition) is 1. The molecule has 2 aliphatic rings. The number of hydrogen-bond acceptors (Lipinski definition) is 5. The summed E-state index contributed by atoms with van der Waals surface area (Å²) >= 11 is 0. The molecule has 4 rings (SSSR count). The number of nitrogens with zero attached hydrogens (tertiary/aromatic N) is 1. The van der Waals surface area contributed by atoms with Gasteiger partial charge in [-0.25, -0.2) is 4.39 Å². The van der Waals surface area contributed by atoms with Gasteiger partial charge in [0.1, 0.15) is 5.69 Å². The van der Waals surface area contributed by atoms with Crippen molar-refractivity contribution in [3.63, 3.8) is 0 Å². The van der Waals surface area contributed by atoms with Crippen molar-refractivity contribution in [2.24, 2.45) is 5.92 Å². The zero-order valence-electron chi connectivity index (χ0n) is 12.3. The first kappa shape index (κ1) is 15.1. The van der Waals surface area contributed by atoms with Gasteiger partial charge in [-0.05, 0) is 6.07 Å². The molecule has 2 aromatic rings. The molecule has 124 valence electrons. The lowest BCUT2D eigenvalue weighted by Crippen LogP contribution is -2.18. The number of fused-ring (bicyclic) bond motifs is 1. The maximum absolute atomic E-state index is 14.3. The smallest absolute Gasteiger partial charge is 0.230 e. The minimum absolute atomic E-state index is 0.0994. The molecule has 0 spiro atoms. The number of benzene rings is 1. The maximum Gasteiger partial charge on any atom is 0.230 e. The summed E-state index contributed by atoms with van der Waals surface area (Å²) in [5.74, 6) is -1.36. The molecule has 1 unspecified atom stereocenters. The van der Waals surface area contributed by atoms with Crippen LogP contribution in [0.5, 0.6) is 0 Å². The number of terminal acetylenes is 1. The van der Waals surface area contributed by atoms with Crippen molar-refractivity contribution in [1.29, 1.82) is 0 Å². The SMILES string of the molecule is C#CC1CNC(=O)[C@@H]1c1noc2c(F)c(F)c(C3OCCO3)cc12. The fourth-order valence-electron chi connectivity index (χ4n) is 3.08. The molecule has 8 heteroatoms. The summed E-state index contributed by atoms with van der Waals surface area (Å²) < 4.78 is 44.0. The van der Waals surface area contributed by atoms with E-state index in [0.717, 1.165) is 0 Å². The zero-order valence-corrected chi connectivity index (χ0v) is 12.3. The molecule has 2 fully saturated rings. The number of ether oxygens (including phenoxy) is 2. The molecule has 0 saturated carbocycles. The number of aromatic nitrogens is 1. The van der Waals surface area contributed by atoms with E-state index in [-0.39, 0.29) is 41.3 Å². The summed E-state index contributed by atoms with van der Waals surface area (Å²) in [6.07, 6.45) is 4.44. The molecule has 0 aliphatic carbocycles. The zero-order chi connectivity index (χ0) is 16.8. The molecular weight excluding hydrogens is 322 g/mol. The van der Waals surface area contributed by atoms with Crippen molar-refractivity contribution < 1.29 is 27.6 Å². The fraction of sp³-hybridized carbons (Fsp3) is 0.375. The van der Waals surface area contributed by atoms with Crippen LogP contribution in [-0.2, 0) is 14.3 Å². The molecular formula is C16H12F2N2O4. The van der Waals surface area contributed by atoms with Crippen LogP contribution in [0.3, 0.4) is 0 Å². The Hall–Kier alpha value is -2.50. The molecule has 0 bridgehead atoms. The molecule has 0 radical (unpaired) electrons. The van der Waals surface area contributed by atoms with E-state index in [1.54, 1.807) is 0 Å². The van der Waals surface area contributed by atoms with Crippen molar-refractivity contribution in [1.82, 2.24) is 10.5 Å². The maximum atomic E-state index is 14.3. The Kier molecular flexibility index (Phi) is 3.48. The van der Waals surface area contributed by atoms with E-state index in [4.69, 9.17) is 20.4 Å². The van der Waals surface area contributed by atoms with Crippen LogP contribution < -0.4 is 5.32 Å². The van der Waals surface area contributed by atoms with Gasteiger partial charge in [0, 0.05) is 17.5 Å². The van der Waals surface area contributed by atoms with Gasteiger partial charge in [0.05, 0.1) is 25.0 Å². The topological polar surface area (TPSA) is 73.6 Å². The summed E-state index contributed by atoms with van der Waals surface area (Å²) in [6, 6.07) is 1.34. The highest BCUT2D eigenvalue weighted by molar-refractivity contribution is 5.92. The van der Waals surface area contributed by atoms with Gasteiger partial charge in [-0.15, -0.1) is 12.3 Å². The highest BCUT2D eigenvalue weighted by atomic mass is 19.2. The van der Waals surface area contributed by atoms with Gasteiger partial charge in [0.15, 0.2) is 12.1 Å². The minimum atomic E-state index is -1.20. The number of nitrogens with one attached hydrogen (secondary N) is 1. The summed E-state index contributed by atoms with van der Waals surface area (Å²) in [6.45, 7) is 0.856. The van der Waals surface area contributed by atoms with Crippen molar-refractivity contribution in [3.05, 3.63) is 29.0 Å². The first-order chi connectivity index (χ1) is 11.6. The molecule has 24 heavy (non-hydrogen) atoms. The molecule has 3 heterocycles. The highest BCUT2D eigenvalue weighted by Crippen LogP contribution is 2.37. The third-order valence-corrected chi connectivity index (χ3v) is 4.27. The van der Waals surface area contributed by atoms with Crippen LogP contribution >= 0.6 is 0 Å². The Morgan fingerprint density at radius 2 is 2.04 bits per heavy atom. The molecule has 1 N–H and O–H groups in total. The second-order valence-corrected chi connectivity index (χ2v) is 5.61. The molecule has 2 saturated heterocycles. The average molecular weight is 334 g/mol. The van der Waals surface area contributed by atoms with Crippen molar-refractivity contribution in [3.8, 4) is 12.3 Å². The molecule has 1 amide bonds. The second kappa shape index (κ2) is 5.54. The Morgan fingerprint density at radius 3 is 2.75 bits per heavy atom. The summed E-state index contributed by atoms with van der Waals surface area (Å²) in [4.78, 5) is 12.1. The van der Waals surface area contributed by atoms with Crippen LogP contribution in [-0.4, -0.2) is 30.8 Å². The van der Waals surface area contributed by atoms with E-state index < -0.39 is 29.8 Å². The van der Waals surface area contributed by atoms with Gasteiger partial charge in [-0.2, -0.15) is 4.39 Å². The van der Waals surface area contributed by atoms with Crippen LogP contribution in [0.1, 0.15) is 23.5 Å².